The lowest BCUT2D eigenvalue weighted by atomic mass is 10.1. The molecule has 1 heterocycles. The van der Waals surface area contributed by atoms with E-state index in [1.807, 2.05) is 0 Å². The number of aromatic nitrogens is 1. The molecule has 0 radical (unpaired) electrons. The number of halogens is 2. The molecule has 136 valence electrons. The molecule has 1 aromatic heterocycles. The van der Waals surface area contributed by atoms with Crippen molar-refractivity contribution in [3.63, 3.8) is 0 Å². The van der Waals surface area contributed by atoms with Crippen molar-refractivity contribution in [3.8, 4) is 0 Å². The second kappa shape index (κ2) is 9.32. The Labute approximate surface area is 179 Å². The number of hydrogen-bond donors (Lipinski definition) is 2. The molecule has 2 aromatic rings. The molecule has 25 heavy (non-hydrogen) atoms. The zero-order valence-electron chi connectivity index (χ0n) is 14.7. The van der Waals surface area contributed by atoms with Gasteiger partial charge in [-0.1, -0.05) is 28.1 Å². The maximum atomic E-state index is 4.70. The SMILES string of the molecule is CCNC(=NCc1nc(C)c(C)s1)NC1CC1c1ccc(Br)cc1.I. The minimum absolute atomic E-state index is 0. The molecule has 0 amide bonds. The van der Waals surface area contributed by atoms with Gasteiger partial charge in [-0.15, -0.1) is 35.3 Å². The molecule has 2 atom stereocenters. The third-order valence-electron chi connectivity index (χ3n) is 4.20. The Hall–Kier alpha value is -0.670. The molecule has 3 rings (SSSR count). The van der Waals surface area contributed by atoms with Crippen molar-refractivity contribution in [2.24, 2.45) is 4.99 Å². The van der Waals surface area contributed by atoms with Gasteiger partial charge in [0.05, 0.1) is 12.2 Å². The van der Waals surface area contributed by atoms with E-state index in [0.717, 1.165) is 34.1 Å². The van der Waals surface area contributed by atoms with E-state index < -0.39 is 0 Å². The van der Waals surface area contributed by atoms with Crippen LogP contribution in [0.15, 0.2) is 33.7 Å². The Morgan fingerprint density at radius 3 is 2.64 bits per heavy atom. The molecular formula is C18H24BrIN4S. The fourth-order valence-electron chi connectivity index (χ4n) is 2.68. The first-order chi connectivity index (χ1) is 11.6. The first-order valence-electron chi connectivity index (χ1n) is 8.30. The van der Waals surface area contributed by atoms with Crippen molar-refractivity contribution in [1.29, 1.82) is 0 Å². The Kier molecular flexibility index (Phi) is 7.69. The van der Waals surface area contributed by atoms with Gasteiger partial charge in [-0.05, 0) is 44.9 Å². The summed E-state index contributed by atoms with van der Waals surface area (Å²) >= 11 is 5.22. The van der Waals surface area contributed by atoms with Crippen molar-refractivity contribution in [2.75, 3.05) is 6.54 Å². The zero-order valence-corrected chi connectivity index (χ0v) is 19.4. The maximum absolute atomic E-state index is 4.70. The average molecular weight is 535 g/mol. The van der Waals surface area contributed by atoms with Crippen LogP contribution in [-0.2, 0) is 6.54 Å². The summed E-state index contributed by atoms with van der Waals surface area (Å²) in [5, 5.41) is 7.96. The van der Waals surface area contributed by atoms with E-state index in [0.29, 0.717) is 18.5 Å². The summed E-state index contributed by atoms with van der Waals surface area (Å²) in [6.45, 7) is 7.74. The monoisotopic (exact) mass is 534 g/mol. The van der Waals surface area contributed by atoms with E-state index >= 15 is 0 Å². The van der Waals surface area contributed by atoms with E-state index in [9.17, 15) is 0 Å². The number of guanidine groups is 1. The fraction of sp³-hybridized carbons (Fsp3) is 0.444. The quantitative estimate of drug-likeness (QED) is 0.330. The van der Waals surface area contributed by atoms with Crippen LogP contribution in [0.1, 0.15) is 40.4 Å². The molecule has 1 aliphatic carbocycles. The summed E-state index contributed by atoms with van der Waals surface area (Å²) in [5.74, 6) is 1.46. The minimum atomic E-state index is 0. The number of hydrogen-bond acceptors (Lipinski definition) is 3. The Balaban J connectivity index is 0.00000225. The first kappa shape index (κ1) is 20.6. The molecule has 1 aliphatic rings. The predicted molar refractivity (Wildman–Crippen MR) is 120 cm³/mol. The molecule has 1 fully saturated rings. The van der Waals surface area contributed by atoms with Crippen LogP contribution in [0.2, 0.25) is 0 Å². The largest absolute Gasteiger partial charge is 0.357 e. The van der Waals surface area contributed by atoms with Gasteiger partial charge in [-0.25, -0.2) is 9.98 Å². The van der Waals surface area contributed by atoms with Crippen molar-refractivity contribution < 1.29 is 0 Å². The molecule has 0 aliphatic heterocycles. The smallest absolute Gasteiger partial charge is 0.191 e. The molecule has 0 bridgehead atoms. The molecule has 2 unspecified atom stereocenters. The van der Waals surface area contributed by atoms with Crippen LogP contribution >= 0.6 is 51.2 Å². The summed E-state index contributed by atoms with van der Waals surface area (Å²) < 4.78 is 1.13. The second-order valence-corrected chi connectivity index (χ2v) is 8.29. The number of aliphatic imine (C=N–C) groups is 1. The highest BCUT2D eigenvalue weighted by molar-refractivity contribution is 14.0. The molecule has 7 heteroatoms. The summed E-state index contributed by atoms with van der Waals surface area (Å²) in [4.78, 5) is 10.5. The number of aryl methyl sites for hydroxylation is 2. The number of nitrogens with zero attached hydrogens (tertiary/aromatic N) is 2. The van der Waals surface area contributed by atoms with Gasteiger partial charge in [-0.3, -0.25) is 0 Å². The van der Waals surface area contributed by atoms with E-state index in [1.54, 1.807) is 11.3 Å². The number of rotatable bonds is 5. The third kappa shape index (κ3) is 5.65. The van der Waals surface area contributed by atoms with Gasteiger partial charge in [0, 0.05) is 27.9 Å². The van der Waals surface area contributed by atoms with E-state index in [4.69, 9.17) is 4.99 Å². The summed E-state index contributed by atoms with van der Waals surface area (Å²) in [5.41, 5.74) is 2.50. The third-order valence-corrected chi connectivity index (χ3v) is 5.79. The standard InChI is InChI=1S/C18H23BrN4S.HI/c1-4-20-18(21-10-17-22-11(2)12(3)24-17)23-16-9-15(16)13-5-7-14(19)8-6-13;/h5-8,15-16H,4,9-10H2,1-3H3,(H2,20,21,23);1H. The molecular weight excluding hydrogens is 511 g/mol. The highest BCUT2D eigenvalue weighted by Crippen LogP contribution is 2.41. The molecule has 0 spiro atoms. The minimum Gasteiger partial charge on any atom is -0.357 e. The Morgan fingerprint density at radius 1 is 1.32 bits per heavy atom. The molecule has 2 N–H and O–H groups in total. The number of benzene rings is 1. The fourth-order valence-corrected chi connectivity index (χ4v) is 3.80. The van der Waals surface area contributed by atoms with Crippen LogP contribution in [0.5, 0.6) is 0 Å². The van der Waals surface area contributed by atoms with E-state index in [1.165, 1.54) is 10.4 Å². The number of nitrogens with one attached hydrogen (secondary N) is 2. The van der Waals surface area contributed by atoms with Gasteiger partial charge >= 0.3 is 0 Å². The van der Waals surface area contributed by atoms with Gasteiger partial charge in [-0.2, -0.15) is 0 Å². The lowest BCUT2D eigenvalue weighted by molar-refractivity contribution is 0.794. The van der Waals surface area contributed by atoms with Crippen molar-refractivity contribution in [1.82, 2.24) is 15.6 Å². The Morgan fingerprint density at radius 2 is 2.04 bits per heavy atom. The molecule has 1 aromatic carbocycles. The predicted octanol–water partition coefficient (Wildman–Crippen LogP) is 4.75. The second-order valence-electron chi connectivity index (χ2n) is 6.09. The first-order valence-corrected chi connectivity index (χ1v) is 9.91. The molecule has 1 saturated carbocycles. The zero-order chi connectivity index (χ0) is 17.1. The van der Waals surface area contributed by atoms with E-state index in [-0.39, 0.29) is 24.0 Å². The summed E-state index contributed by atoms with van der Waals surface area (Å²) in [6.07, 6.45) is 1.15. The average Bonchev–Trinajstić information content (AvgIpc) is 3.24. The summed E-state index contributed by atoms with van der Waals surface area (Å²) in [7, 11) is 0. The lowest BCUT2D eigenvalue weighted by Crippen LogP contribution is -2.39. The topological polar surface area (TPSA) is 49.3 Å². The van der Waals surface area contributed by atoms with Crippen molar-refractivity contribution in [2.45, 2.75) is 45.7 Å². The summed E-state index contributed by atoms with van der Waals surface area (Å²) in [6, 6.07) is 9.07. The van der Waals surface area contributed by atoms with E-state index in [2.05, 4.69) is 76.6 Å². The van der Waals surface area contributed by atoms with Crippen molar-refractivity contribution >= 4 is 57.2 Å². The van der Waals surface area contributed by atoms with Gasteiger partial charge in [0.25, 0.3) is 0 Å². The molecule has 0 saturated heterocycles. The van der Waals surface area contributed by atoms with Crippen LogP contribution in [0.25, 0.3) is 0 Å². The van der Waals surface area contributed by atoms with Gasteiger partial charge in [0.2, 0.25) is 0 Å². The van der Waals surface area contributed by atoms with Crippen LogP contribution < -0.4 is 10.6 Å². The van der Waals surface area contributed by atoms with Gasteiger partial charge < -0.3 is 10.6 Å². The van der Waals surface area contributed by atoms with Gasteiger partial charge in [0.1, 0.15) is 5.01 Å². The molecule has 4 nitrogen and oxygen atoms in total. The Bertz CT molecular complexity index is 710. The van der Waals surface area contributed by atoms with Crippen molar-refractivity contribution in [3.05, 3.63) is 49.9 Å². The van der Waals surface area contributed by atoms with Crippen LogP contribution in [0.4, 0.5) is 0 Å². The highest BCUT2D eigenvalue weighted by Gasteiger charge is 2.38. The van der Waals surface area contributed by atoms with Gasteiger partial charge in [0.15, 0.2) is 5.96 Å². The normalized spacial score (nSPS) is 19.3. The van der Waals surface area contributed by atoms with Crippen LogP contribution in [0.3, 0.4) is 0 Å². The lowest BCUT2D eigenvalue weighted by Gasteiger charge is -2.11. The van der Waals surface area contributed by atoms with Crippen LogP contribution in [-0.4, -0.2) is 23.5 Å². The maximum Gasteiger partial charge on any atom is 0.191 e. The number of thiazole rings is 1. The van der Waals surface area contributed by atoms with Crippen LogP contribution in [0, 0.1) is 13.8 Å². The highest BCUT2D eigenvalue weighted by atomic mass is 127.